The molecule has 3 unspecified atom stereocenters. The Balaban J connectivity index is 1.59. The van der Waals surface area contributed by atoms with Crippen LogP contribution in [0.5, 0.6) is 0 Å². The van der Waals surface area contributed by atoms with Crippen LogP contribution < -0.4 is 0 Å². The van der Waals surface area contributed by atoms with Crippen LogP contribution in [0.2, 0.25) is 0 Å². The van der Waals surface area contributed by atoms with E-state index in [1.54, 1.807) is 0 Å². The first-order chi connectivity index (χ1) is 7.72. The Hall–Kier alpha value is -1.02. The van der Waals surface area contributed by atoms with Crippen molar-refractivity contribution in [2.75, 3.05) is 0 Å². The van der Waals surface area contributed by atoms with E-state index >= 15 is 0 Å². The highest BCUT2D eigenvalue weighted by molar-refractivity contribution is 5.20. The molecule has 3 rings (SSSR count). The van der Waals surface area contributed by atoms with Crippen LogP contribution >= 0.6 is 0 Å². The summed E-state index contributed by atoms with van der Waals surface area (Å²) in [7, 11) is 0. The molecule has 1 saturated carbocycles. The van der Waals surface area contributed by atoms with Gasteiger partial charge >= 0.3 is 0 Å². The zero-order chi connectivity index (χ0) is 11.1. The number of aryl methyl sites for hydroxylation is 2. The molecule has 2 heteroatoms. The van der Waals surface area contributed by atoms with Crippen LogP contribution in [-0.4, -0.2) is 10.7 Å². The molecule has 0 radical (unpaired) electrons. The number of ether oxygens (including phenoxy) is 1. The summed E-state index contributed by atoms with van der Waals surface area (Å²) in [6, 6.07) is 0. The molecule has 3 atom stereocenters. The van der Waals surface area contributed by atoms with E-state index < -0.39 is 0 Å². The standard InChI is InChI=1S/C14H19NO/c1-10-7-15(8-11(10)2)9-16-14-6-12-3-4-13(14)5-12/h3-4,7-8,12-14H,5-6,9H2,1-2H3. The number of rotatable bonds is 3. The Labute approximate surface area is 96.9 Å². The normalized spacial score (nSPS) is 31.5. The van der Waals surface area contributed by atoms with Gasteiger partial charge in [0.1, 0.15) is 6.73 Å². The van der Waals surface area contributed by atoms with E-state index in [1.165, 1.54) is 24.0 Å². The van der Waals surface area contributed by atoms with Crippen LogP contribution in [0.1, 0.15) is 24.0 Å². The highest BCUT2D eigenvalue weighted by atomic mass is 16.5. The van der Waals surface area contributed by atoms with Gasteiger partial charge in [0, 0.05) is 18.3 Å². The van der Waals surface area contributed by atoms with E-state index in [0.717, 1.165) is 5.92 Å². The fourth-order valence-electron chi connectivity index (χ4n) is 2.92. The van der Waals surface area contributed by atoms with Crippen LogP contribution in [0.25, 0.3) is 0 Å². The molecule has 16 heavy (non-hydrogen) atoms. The molecule has 0 saturated heterocycles. The summed E-state index contributed by atoms with van der Waals surface area (Å²) in [5, 5.41) is 0. The summed E-state index contributed by atoms with van der Waals surface area (Å²) < 4.78 is 8.16. The van der Waals surface area contributed by atoms with Crippen molar-refractivity contribution >= 4 is 0 Å². The van der Waals surface area contributed by atoms with Crippen molar-refractivity contribution in [1.29, 1.82) is 0 Å². The second kappa shape index (κ2) is 3.77. The summed E-state index contributed by atoms with van der Waals surface area (Å²) in [4.78, 5) is 0. The Kier molecular flexibility index (Phi) is 2.40. The molecule has 0 aliphatic heterocycles. The molecule has 2 aliphatic rings. The lowest BCUT2D eigenvalue weighted by atomic mass is 10.1. The number of fused-ring (bicyclic) bond motifs is 2. The largest absolute Gasteiger partial charge is 0.357 e. The molecule has 1 aromatic heterocycles. The van der Waals surface area contributed by atoms with Gasteiger partial charge < -0.3 is 9.30 Å². The first-order valence-corrected chi connectivity index (χ1v) is 6.15. The summed E-state index contributed by atoms with van der Waals surface area (Å²) in [6.07, 6.45) is 12.0. The molecule has 0 N–H and O–H groups in total. The summed E-state index contributed by atoms with van der Waals surface area (Å²) in [6.45, 7) is 4.99. The summed E-state index contributed by atoms with van der Waals surface area (Å²) in [5.41, 5.74) is 2.69. The number of hydrogen-bond acceptors (Lipinski definition) is 1. The maximum atomic E-state index is 6.00. The van der Waals surface area contributed by atoms with E-state index in [-0.39, 0.29) is 0 Å². The van der Waals surface area contributed by atoms with E-state index in [0.29, 0.717) is 18.8 Å². The Morgan fingerprint density at radius 3 is 2.50 bits per heavy atom. The lowest BCUT2D eigenvalue weighted by molar-refractivity contribution is -0.00665. The summed E-state index contributed by atoms with van der Waals surface area (Å²) >= 11 is 0. The lowest BCUT2D eigenvalue weighted by Crippen LogP contribution is -2.19. The monoisotopic (exact) mass is 217 g/mol. The predicted octanol–water partition coefficient (Wildman–Crippen LogP) is 3.04. The van der Waals surface area contributed by atoms with Gasteiger partial charge in [-0.1, -0.05) is 12.2 Å². The minimum Gasteiger partial charge on any atom is -0.357 e. The number of aromatic nitrogens is 1. The van der Waals surface area contributed by atoms with E-state index in [2.05, 4.69) is 43.0 Å². The van der Waals surface area contributed by atoms with Gasteiger partial charge in [0.25, 0.3) is 0 Å². The van der Waals surface area contributed by atoms with Crippen LogP contribution in [0.3, 0.4) is 0 Å². The second-order valence-electron chi connectivity index (χ2n) is 5.25. The molecule has 0 spiro atoms. The third-order valence-corrected chi connectivity index (χ3v) is 4.00. The van der Waals surface area contributed by atoms with Crippen LogP contribution in [0.4, 0.5) is 0 Å². The van der Waals surface area contributed by atoms with Gasteiger partial charge in [-0.3, -0.25) is 0 Å². The van der Waals surface area contributed by atoms with Gasteiger partial charge in [-0.05, 0) is 43.7 Å². The number of hydrogen-bond donors (Lipinski definition) is 0. The van der Waals surface area contributed by atoms with E-state index in [1.807, 2.05) is 0 Å². The molecule has 0 amide bonds. The fourth-order valence-corrected chi connectivity index (χ4v) is 2.92. The van der Waals surface area contributed by atoms with Gasteiger partial charge in [-0.2, -0.15) is 0 Å². The van der Waals surface area contributed by atoms with Gasteiger partial charge in [0.15, 0.2) is 0 Å². The smallest absolute Gasteiger partial charge is 0.122 e. The molecule has 2 nitrogen and oxygen atoms in total. The molecule has 1 heterocycles. The SMILES string of the molecule is Cc1cn(COC2CC3C=CC2C3)cc1C. The molecule has 86 valence electrons. The van der Waals surface area contributed by atoms with E-state index in [4.69, 9.17) is 4.74 Å². The first-order valence-electron chi connectivity index (χ1n) is 6.15. The van der Waals surface area contributed by atoms with Gasteiger partial charge in [-0.25, -0.2) is 0 Å². The minimum atomic E-state index is 0.456. The maximum Gasteiger partial charge on any atom is 0.122 e. The van der Waals surface area contributed by atoms with Crippen molar-refractivity contribution in [3.8, 4) is 0 Å². The van der Waals surface area contributed by atoms with Gasteiger partial charge in [0.2, 0.25) is 0 Å². The quantitative estimate of drug-likeness (QED) is 0.710. The molecular formula is C14H19NO. The minimum absolute atomic E-state index is 0.456. The molecule has 2 aliphatic carbocycles. The maximum absolute atomic E-state index is 6.00. The van der Waals surface area contributed by atoms with Crippen molar-refractivity contribution < 1.29 is 4.74 Å². The van der Waals surface area contributed by atoms with Crippen LogP contribution in [-0.2, 0) is 11.5 Å². The highest BCUT2D eigenvalue weighted by Gasteiger charge is 2.36. The molecule has 2 bridgehead atoms. The lowest BCUT2D eigenvalue weighted by Gasteiger charge is -2.19. The topological polar surface area (TPSA) is 14.2 Å². The van der Waals surface area contributed by atoms with Gasteiger partial charge in [-0.15, -0.1) is 0 Å². The average Bonchev–Trinajstić information content (AvgIpc) is 2.92. The summed E-state index contributed by atoms with van der Waals surface area (Å²) in [5.74, 6) is 1.48. The second-order valence-corrected chi connectivity index (χ2v) is 5.25. The molecular weight excluding hydrogens is 198 g/mol. The Bertz CT molecular complexity index is 399. The zero-order valence-electron chi connectivity index (χ0n) is 10.0. The Morgan fingerprint density at radius 1 is 1.19 bits per heavy atom. The van der Waals surface area contributed by atoms with Crippen molar-refractivity contribution in [1.82, 2.24) is 4.57 Å². The zero-order valence-corrected chi connectivity index (χ0v) is 10.0. The number of nitrogens with zero attached hydrogens (tertiary/aromatic N) is 1. The third kappa shape index (κ3) is 1.71. The third-order valence-electron chi connectivity index (χ3n) is 4.00. The van der Waals surface area contributed by atoms with Crippen molar-refractivity contribution in [3.05, 3.63) is 35.7 Å². The first kappa shape index (κ1) is 10.2. The fraction of sp³-hybridized carbons (Fsp3) is 0.571. The average molecular weight is 217 g/mol. The van der Waals surface area contributed by atoms with Crippen molar-refractivity contribution in [2.24, 2.45) is 11.8 Å². The van der Waals surface area contributed by atoms with Gasteiger partial charge in [0.05, 0.1) is 6.10 Å². The van der Waals surface area contributed by atoms with Crippen LogP contribution in [0.15, 0.2) is 24.5 Å². The van der Waals surface area contributed by atoms with Crippen molar-refractivity contribution in [2.45, 2.75) is 39.5 Å². The van der Waals surface area contributed by atoms with Crippen LogP contribution in [0, 0.1) is 25.7 Å². The number of allylic oxidation sites excluding steroid dienone is 1. The Morgan fingerprint density at radius 2 is 1.94 bits per heavy atom. The molecule has 0 aromatic carbocycles. The van der Waals surface area contributed by atoms with E-state index in [9.17, 15) is 0 Å². The predicted molar refractivity (Wildman–Crippen MR) is 64.1 cm³/mol. The highest BCUT2D eigenvalue weighted by Crippen LogP contribution is 2.40. The van der Waals surface area contributed by atoms with Crippen molar-refractivity contribution in [3.63, 3.8) is 0 Å². The molecule has 1 fully saturated rings. The molecule has 1 aromatic rings.